The molecule has 1 saturated heterocycles. The van der Waals surface area contributed by atoms with Gasteiger partial charge in [-0.05, 0) is 81.3 Å². The molecule has 42 heavy (non-hydrogen) atoms. The van der Waals surface area contributed by atoms with E-state index in [-0.39, 0.29) is 5.41 Å². The first-order valence-electron chi connectivity index (χ1n) is 14.4. The molecule has 0 aliphatic carbocycles. The van der Waals surface area contributed by atoms with Gasteiger partial charge >= 0.3 is 5.97 Å². The SMILES string of the molecule is COC(=O)[C@@H](OC(C)(C)C)c1c(C)cc2nc(-c3cccc(-c4ccc(F)cc4F)c3)cn2c1N1CCC(C)(C)CC1. The van der Waals surface area contributed by atoms with Gasteiger partial charge in [0.2, 0.25) is 0 Å². The molecule has 6 nitrogen and oxygen atoms in total. The van der Waals surface area contributed by atoms with Crippen molar-refractivity contribution < 1.29 is 23.0 Å². The molecule has 0 bridgehead atoms. The molecule has 2 aromatic carbocycles. The average Bonchev–Trinajstić information content (AvgIpc) is 3.34. The van der Waals surface area contributed by atoms with E-state index in [0.29, 0.717) is 16.8 Å². The average molecular weight is 576 g/mol. The standard InChI is InChI=1S/C34H39F2N3O3/c1-21-17-28-37-27(23-10-8-9-22(18-23)25-12-11-24(35)19-26(25)36)20-39(28)31(38-15-13-34(5,6)14-16-38)29(21)30(32(40)41-7)42-33(2,3)4/h8-12,17-20,30H,13-16H2,1-7H3/t30-/m0/s1. The van der Waals surface area contributed by atoms with Gasteiger partial charge < -0.3 is 14.4 Å². The molecule has 1 aliphatic rings. The van der Waals surface area contributed by atoms with Gasteiger partial charge in [-0.25, -0.2) is 18.6 Å². The number of halogens is 2. The molecule has 0 N–H and O–H groups in total. The largest absolute Gasteiger partial charge is 0.467 e. The number of carbonyl (C=O) groups is 1. The van der Waals surface area contributed by atoms with Crippen molar-refractivity contribution >= 4 is 17.4 Å². The molecule has 5 rings (SSSR count). The zero-order valence-electron chi connectivity index (χ0n) is 25.4. The summed E-state index contributed by atoms with van der Waals surface area (Å²) in [6, 6.07) is 13.0. The molecule has 3 heterocycles. The molecule has 0 saturated carbocycles. The van der Waals surface area contributed by atoms with Crippen LogP contribution in [0.15, 0.2) is 54.7 Å². The number of esters is 1. The van der Waals surface area contributed by atoms with Crippen molar-refractivity contribution in [3.63, 3.8) is 0 Å². The second-order valence-corrected chi connectivity index (χ2v) is 12.9. The van der Waals surface area contributed by atoms with Gasteiger partial charge in [-0.1, -0.05) is 32.0 Å². The van der Waals surface area contributed by atoms with Crippen LogP contribution in [0.2, 0.25) is 0 Å². The monoisotopic (exact) mass is 575 g/mol. The maximum absolute atomic E-state index is 14.6. The molecule has 0 unspecified atom stereocenters. The summed E-state index contributed by atoms with van der Waals surface area (Å²) < 4.78 is 41.8. The number of anilines is 1. The zero-order chi connectivity index (χ0) is 30.4. The lowest BCUT2D eigenvalue weighted by Crippen LogP contribution is -2.40. The molecule has 1 atom stereocenters. The maximum atomic E-state index is 14.6. The number of piperidine rings is 1. The van der Waals surface area contributed by atoms with Crippen LogP contribution in [-0.2, 0) is 14.3 Å². The third kappa shape index (κ3) is 6.04. The van der Waals surface area contributed by atoms with E-state index in [0.717, 1.165) is 60.2 Å². The molecule has 4 aromatic rings. The van der Waals surface area contributed by atoms with E-state index in [1.54, 1.807) is 6.07 Å². The van der Waals surface area contributed by atoms with Crippen LogP contribution in [0.4, 0.5) is 14.6 Å². The van der Waals surface area contributed by atoms with Crippen LogP contribution in [0.25, 0.3) is 28.0 Å². The van der Waals surface area contributed by atoms with Gasteiger partial charge in [0.1, 0.15) is 23.1 Å². The number of aryl methyl sites for hydroxylation is 1. The molecule has 222 valence electrons. The van der Waals surface area contributed by atoms with Crippen LogP contribution in [0.3, 0.4) is 0 Å². The highest BCUT2D eigenvalue weighted by atomic mass is 19.1. The molecule has 1 aliphatic heterocycles. The van der Waals surface area contributed by atoms with Gasteiger partial charge in [-0.15, -0.1) is 0 Å². The highest BCUT2D eigenvalue weighted by Gasteiger charge is 2.36. The number of hydrogen-bond acceptors (Lipinski definition) is 5. The van der Waals surface area contributed by atoms with Gasteiger partial charge in [0.25, 0.3) is 0 Å². The summed E-state index contributed by atoms with van der Waals surface area (Å²) in [5, 5.41) is 0. The minimum absolute atomic E-state index is 0.222. The fourth-order valence-electron chi connectivity index (χ4n) is 5.61. The maximum Gasteiger partial charge on any atom is 0.339 e. The fraction of sp³-hybridized carbons (Fsp3) is 0.412. The summed E-state index contributed by atoms with van der Waals surface area (Å²) in [5.41, 5.74) is 4.41. The van der Waals surface area contributed by atoms with Gasteiger partial charge in [0.15, 0.2) is 6.10 Å². The van der Waals surface area contributed by atoms with Gasteiger partial charge in [0, 0.05) is 42.0 Å². The van der Waals surface area contributed by atoms with Gasteiger partial charge in [0.05, 0.1) is 18.4 Å². The van der Waals surface area contributed by atoms with Crippen molar-refractivity contribution in [2.24, 2.45) is 5.41 Å². The normalized spacial score (nSPS) is 16.1. The fourth-order valence-corrected chi connectivity index (χ4v) is 5.61. The number of methoxy groups -OCH3 is 1. The second kappa shape index (κ2) is 11.1. The van der Waals surface area contributed by atoms with E-state index < -0.39 is 29.3 Å². The molecule has 0 amide bonds. The summed E-state index contributed by atoms with van der Waals surface area (Å²) in [5.74, 6) is -0.835. The van der Waals surface area contributed by atoms with E-state index in [1.165, 1.54) is 19.2 Å². The number of rotatable bonds is 6. The number of aromatic nitrogens is 2. The van der Waals surface area contributed by atoms with E-state index >= 15 is 0 Å². The minimum Gasteiger partial charge on any atom is -0.467 e. The number of hydrogen-bond donors (Lipinski definition) is 0. The second-order valence-electron chi connectivity index (χ2n) is 12.9. The first-order valence-corrected chi connectivity index (χ1v) is 14.4. The first-order chi connectivity index (χ1) is 19.8. The van der Waals surface area contributed by atoms with Crippen molar-refractivity contribution in [2.45, 2.75) is 66.1 Å². The van der Waals surface area contributed by atoms with Crippen LogP contribution in [0, 0.1) is 24.0 Å². The van der Waals surface area contributed by atoms with E-state index in [4.69, 9.17) is 14.5 Å². The van der Waals surface area contributed by atoms with Crippen molar-refractivity contribution in [1.29, 1.82) is 0 Å². The highest BCUT2D eigenvalue weighted by molar-refractivity contribution is 5.81. The lowest BCUT2D eigenvalue weighted by molar-refractivity contribution is -0.164. The van der Waals surface area contributed by atoms with Crippen LogP contribution < -0.4 is 4.90 Å². The number of benzene rings is 2. The van der Waals surface area contributed by atoms with E-state index in [2.05, 4.69) is 18.7 Å². The number of pyridine rings is 1. The number of fused-ring (bicyclic) bond motifs is 1. The highest BCUT2D eigenvalue weighted by Crippen LogP contribution is 2.40. The molecule has 1 fully saturated rings. The zero-order valence-corrected chi connectivity index (χ0v) is 25.4. The third-order valence-corrected chi connectivity index (χ3v) is 7.94. The Hall–Kier alpha value is -3.78. The van der Waals surface area contributed by atoms with Crippen molar-refractivity contribution in [2.75, 3.05) is 25.1 Å². The number of nitrogens with zero attached hydrogens (tertiary/aromatic N) is 3. The predicted molar refractivity (Wildman–Crippen MR) is 162 cm³/mol. The molecule has 0 radical (unpaired) electrons. The Morgan fingerprint density at radius 1 is 1.02 bits per heavy atom. The summed E-state index contributed by atoms with van der Waals surface area (Å²) in [6.07, 6.45) is 3.02. The Morgan fingerprint density at radius 2 is 1.71 bits per heavy atom. The molecular weight excluding hydrogens is 536 g/mol. The summed E-state index contributed by atoms with van der Waals surface area (Å²) in [4.78, 5) is 20.5. The summed E-state index contributed by atoms with van der Waals surface area (Å²) in [7, 11) is 1.38. The summed E-state index contributed by atoms with van der Waals surface area (Å²) >= 11 is 0. The Kier molecular flexibility index (Phi) is 7.88. The molecule has 0 spiro atoms. The minimum atomic E-state index is -0.931. The topological polar surface area (TPSA) is 56.1 Å². The molecular formula is C34H39F2N3O3. The van der Waals surface area contributed by atoms with Crippen LogP contribution in [-0.4, -0.2) is 41.2 Å². The first kappa shape index (κ1) is 29.7. The number of imidazole rings is 1. The van der Waals surface area contributed by atoms with Crippen LogP contribution in [0.5, 0.6) is 0 Å². The quantitative estimate of drug-likeness (QED) is 0.219. The van der Waals surface area contributed by atoms with Gasteiger partial charge in [-0.3, -0.25) is 4.40 Å². The number of ether oxygens (including phenoxy) is 2. The van der Waals surface area contributed by atoms with E-state index in [1.807, 2.05) is 62.6 Å². The van der Waals surface area contributed by atoms with Gasteiger partial charge in [-0.2, -0.15) is 0 Å². The van der Waals surface area contributed by atoms with Crippen LogP contribution in [0.1, 0.15) is 64.7 Å². The summed E-state index contributed by atoms with van der Waals surface area (Å²) in [6.45, 7) is 13.9. The van der Waals surface area contributed by atoms with Crippen molar-refractivity contribution in [3.8, 4) is 22.4 Å². The van der Waals surface area contributed by atoms with Crippen molar-refractivity contribution in [1.82, 2.24) is 9.38 Å². The molecule has 8 heteroatoms. The lowest BCUT2D eigenvalue weighted by atomic mass is 9.82. The molecule has 2 aromatic heterocycles. The Bertz CT molecular complexity index is 1630. The predicted octanol–water partition coefficient (Wildman–Crippen LogP) is 7.91. The van der Waals surface area contributed by atoms with Crippen molar-refractivity contribution in [3.05, 3.63) is 77.5 Å². The van der Waals surface area contributed by atoms with Crippen LogP contribution >= 0.6 is 0 Å². The third-order valence-electron chi connectivity index (χ3n) is 7.94. The number of carbonyl (C=O) groups excluding carboxylic acids is 1. The Morgan fingerprint density at radius 3 is 2.36 bits per heavy atom. The smallest absolute Gasteiger partial charge is 0.339 e. The Labute approximate surface area is 246 Å². The van der Waals surface area contributed by atoms with E-state index in [9.17, 15) is 13.6 Å². The Balaban J connectivity index is 1.69. The lowest BCUT2D eigenvalue weighted by Gasteiger charge is -2.40.